The van der Waals surface area contributed by atoms with Crippen molar-refractivity contribution in [2.24, 2.45) is 23.7 Å². The largest absolute Gasteiger partial charge is 0.346 e. The fraction of sp³-hybridized carbons (Fsp3) is 0.727. The highest BCUT2D eigenvalue weighted by Gasteiger charge is 2.69. The Morgan fingerprint density at radius 3 is 2.62 bits per heavy atom. The zero-order valence-corrected chi connectivity index (χ0v) is 16.0. The van der Waals surface area contributed by atoms with Gasteiger partial charge in [0.2, 0.25) is 5.79 Å². The van der Waals surface area contributed by atoms with Gasteiger partial charge in [-0.05, 0) is 55.9 Å². The third-order valence-corrected chi connectivity index (χ3v) is 7.57. The van der Waals surface area contributed by atoms with Gasteiger partial charge in [0.15, 0.2) is 11.9 Å². The summed E-state index contributed by atoms with van der Waals surface area (Å²) in [7, 11) is 0. The first kappa shape index (κ1) is 17.2. The Morgan fingerprint density at radius 1 is 1.00 bits per heavy atom. The molecule has 6 rings (SSSR count). The fourth-order valence-corrected chi connectivity index (χ4v) is 6.06. The third-order valence-electron chi connectivity index (χ3n) is 7.57. The molecule has 0 radical (unpaired) electrons. The van der Waals surface area contributed by atoms with Crippen LogP contribution in [0.25, 0.3) is 0 Å². The summed E-state index contributed by atoms with van der Waals surface area (Å²) in [6, 6.07) is 10.6. The average Bonchev–Trinajstić information content (AvgIpc) is 2.86. The Hall–Kier alpha value is -0.940. The van der Waals surface area contributed by atoms with E-state index in [1.807, 2.05) is 6.92 Å². The second-order valence-electron chi connectivity index (χ2n) is 9.13. The summed E-state index contributed by atoms with van der Waals surface area (Å²) in [6.07, 6.45) is 5.12. The molecule has 0 amide bonds. The van der Waals surface area contributed by atoms with Crippen LogP contribution < -0.4 is 0 Å². The van der Waals surface area contributed by atoms with Gasteiger partial charge >= 0.3 is 0 Å². The van der Waals surface area contributed by atoms with E-state index < -0.39 is 11.4 Å². The minimum atomic E-state index is -0.685. The van der Waals surface area contributed by atoms with E-state index in [9.17, 15) is 0 Å². The van der Waals surface area contributed by atoms with E-state index >= 15 is 0 Å². The van der Waals surface area contributed by atoms with Crippen molar-refractivity contribution in [1.29, 1.82) is 0 Å². The Bertz CT molecular complexity index is 663. The van der Waals surface area contributed by atoms with Crippen molar-refractivity contribution in [3.63, 3.8) is 0 Å². The molecule has 4 aliphatic heterocycles. The van der Waals surface area contributed by atoms with Gasteiger partial charge in [0.05, 0.1) is 6.10 Å². The highest BCUT2D eigenvalue weighted by molar-refractivity contribution is 5.17. The van der Waals surface area contributed by atoms with Gasteiger partial charge in [0.25, 0.3) is 0 Å². The summed E-state index contributed by atoms with van der Waals surface area (Å²) in [6.45, 7) is 6.68. The Morgan fingerprint density at radius 2 is 1.81 bits per heavy atom. The van der Waals surface area contributed by atoms with Gasteiger partial charge in [-0.2, -0.15) is 0 Å². The van der Waals surface area contributed by atoms with Gasteiger partial charge in [0.1, 0.15) is 0 Å². The highest BCUT2D eigenvalue weighted by atomic mass is 17.3. The summed E-state index contributed by atoms with van der Waals surface area (Å²) in [4.78, 5) is 12.1. The molecule has 5 aliphatic rings. The van der Waals surface area contributed by atoms with Crippen LogP contribution in [-0.2, 0) is 25.7 Å². The van der Waals surface area contributed by atoms with Crippen LogP contribution in [0, 0.1) is 23.7 Å². The number of fused-ring (bicyclic) bond motifs is 2. The highest BCUT2D eigenvalue weighted by Crippen LogP contribution is 2.60. The molecule has 8 atom stereocenters. The monoisotopic (exact) mass is 358 g/mol. The molecular formula is C22H30O4. The molecule has 1 unspecified atom stereocenters. The van der Waals surface area contributed by atoms with E-state index in [2.05, 4.69) is 44.2 Å². The zero-order valence-electron chi connectivity index (χ0n) is 16.0. The van der Waals surface area contributed by atoms with Crippen LogP contribution in [0.1, 0.15) is 52.0 Å². The van der Waals surface area contributed by atoms with Crippen LogP contribution >= 0.6 is 0 Å². The molecule has 4 heterocycles. The standard InChI is InChI=1S/C22H30O4/c1-14-9-10-18-15(2)19(13-16-7-5-4-6-8-16)23-20-22(18)17(14)11-12-21(3,24-20)25-26-22/h4-8,14-15,17-20H,9-13H2,1-3H3/t14-,15-,17?,18+,19-,20-,21+,22-/m1/s1. The van der Waals surface area contributed by atoms with E-state index in [4.69, 9.17) is 19.2 Å². The summed E-state index contributed by atoms with van der Waals surface area (Å²) in [5.41, 5.74) is 0.878. The smallest absolute Gasteiger partial charge is 0.201 e. The topological polar surface area (TPSA) is 36.9 Å². The SMILES string of the molecule is C[C@H]1[C@@H](Cc2ccccc2)O[C@@H]2O[C@]3(C)CCC4[C@H](C)CC[C@@H]1[C@]42OO3. The van der Waals surface area contributed by atoms with Gasteiger partial charge < -0.3 is 9.47 Å². The first-order valence-electron chi connectivity index (χ1n) is 10.3. The Kier molecular flexibility index (Phi) is 3.98. The number of hydrogen-bond acceptors (Lipinski definition) is 4. The lowest BCUT2D eigenvalue weighted by Gasteiger charge is -2.60. The van der Waals surface area contributed by atoms with Crippen molar-refractivity contribution in [2.75, 3.05) is 0 Å². The maximum Gasteiger partial charge on any atom is 0.201 e. The maximum absolute atomic E-state index is 6.63. The van der Waals surface area contributed by atoms with E-state index in [0.29, 0.717) is 23.7 Å². The first-order valence-corrected chi connectivity index (χ1v) is 10.3. The molecule has 1 aromatic carbocycles. The molecule has 0 aromatic heterocycles. The van der Waals surface area contributed by atoms with Crippen LogP contribution in [0.4, 0.5) is 0 Å². The second kappa shape index (κ2) is 6.03. The molecule has 4 nitrogen and oxygen atoms in total. The number of benzene rings is 1. The lowest BCUT2D eigenvalue weighted by Crippen LogP contribution is -2.70. The van der Waals surface area contributed by atoms with E-state index in [0.717, 1.165) is 25.7 Å². The van der Waals surface area contributed by atoms with Crippen LogP contribution in [0.3, 0.4) is 0 Å². The normalized spacial score (nSPS) is 50.1. The molecule has 4 saturated heterocycles. The van der Waals surface area contributed by atoms with Gasteiger partial charge in [-0.1, -0.05) is 44.2 Å². The minimum Gasteiger partial charge on any atom is -0.346 e. The van der Waals surface area contributed by atoms with Crippen molar-refractivity contribution >= 4 is 0 Å². The van der Waals surface area contributed by atoms with E-state index in [1.54, 1.807) is 0 Å². The summed E-state index contributed by atoms with van der Waals surface area (Å²) in [5.74, 6) is 1.20. The molecule has 2 bridgehead atoms. The van der Waals surface area contributed by atoms with Gasteiger partial charge in [-0.3, -0.25) is 0 Å². The molecule has 1 aromatic rings. The molecule has 0 N–H and O–H groups in total. The van der Waals surface area contributed by atoms with E-state index in [-0.39, 0.29) is 12.4 Å². The number of ether oxygens (including phenoxy) is 2. The molecule has 5 fully saturated rings. The van der Waals surface area contributed by atoms with Crippen molar-refractivity contribution in [1.82, 2.24) is 0 Å². The molecule has 142 valence electrons. The summed E-state index contributed by atoms with van der Waals surface area (Å²) in [5, 5.41) is 0. The van der Waals surface area contributed by atoms with Crippen LogP contribution in [0.15, 0.2) is 30.3 Å². The lowest BCUT2D eigenvalue weighted by atomic mass is 9.57. The number of hydrogen-bond donors (Lipinski definition) is 0. The molecule has 1 saturated carbocycles. The predicted octanol–water partition coefficient (Wildman–Crippen LogP) is 4.48. The molecule has 4 heteroatoms. The lowest BCUT2D eigenvalue weighted by molar-refractivity contribution is -0.571. The van der Waals surface area contributed by atoms with Crippen molar-refractivity contribution in [2.45, 2.75) is 76.7 Å². The maximum atomic E-state index is 6.63. The average molecular weight is 358 g/mol. The first-order chi connectivity index (χ1) is 12.5. The summed E-state index contributed by atoms with van der Waals surface area (Å²) < 4.78 is 13.1. The molecule has 1 spiro atoms. The Balaban J connectivity index is 1.50. The second-order valence-corrected chi connectivity index (χ2v) is 9.13. The molecule has 26 heavy (non-hydrogen) atoms. The molecular weight excluding hydrogens is 328 g/mol. The molecule has 1 aliphatic carbocycles. The third kappa shape index (κ3) is 2.42. The van der Waals surface area contributed by atoms with Crippen LogP contribution in [0.5, 0.6) is 0 Å². The van der Waals surface area contributed by atoms with Crippen molar-refractivity contribution < 1.29 is 19.2 Å². The summed E-state index contributed by atoms with van der Waals surface area (Å²) >= 11 is 0. The van der Waals surface area contributed by atoms with Crippen LogP contribution in [-0.4, -0.2) is 23.8 Å². The zero-order chi connectivity index (χ0) is 17.9. The van der Waals surface area contributed by atoms with Crippen molar-refractivity contribution in [3.05, 3.63) is 35.9 Å². The van der Waals surface area contributed by atoms with Gasteiger partial charge in [0, 0.05) is 12.3 Å². The number of rotatable bonds is 2. The predicted molar refractivity (Wildman–Crippen MR) is 97.0 cm³/mol. The van der Waals surface area contributed by atoms with Crippen LogP contribution in [0.2, 0.25) is 0 Å². The minimum absolute atomic E-state index is 0.152. The Labute approximate surface area is 156 Å². The van der Waals surface area contributed by atoms with Gasteiger partial charge in [-0.15, -0.1) is 0 Å². The quantitative estimate of drug-likeness (QED) is 0.731. The fourth-order valence-electron chi connectivity index (χ4n) is 6.06. The van der Waals surface area contributed by atoms with Gasteiger partial charge in [-0.25, -0.2) is 9.78 Å². The van der Waals surface area contributed by atoms with Crippen molar-refractivity contribution in [3.8, 4) is 0 Å². The van der Waals surface area contributed by atoms with E-state index in [1.165, 1.54) is 12.0 Å².